The summed E-state index contributed by atoms with van der Waals surface area (Å²) in [5, 5.41) is 4.45. The lowest BCUT2D eigenvalue weighted by atomic mass is 10.1. The number of hydrogen-bond donors (Lipinski definition) is 1. The number of aryl methyl sites for hydroxylation is 1. The number of nitrogens with zero attached hydrogens (tertiary/aromatic N) is 1. The first-order chi connectivity index (χ1) is 9.55. The summed E-state index contributed by atoms with van der Waals surface area (Å²) in [5.41, 5.74) is 2.32. The second-order valence-electron chi connectivity index (χ2n) is 4.92. The Kier molecular flexibility index (Phi) is 4.83. The van der Waals surface area contributed by atoms with E-state index in [0.29, 0.717) is 6.54 Å². The Morgan fingerprint density at radius 1 is 1.20 bits per heavy atom. The molecule has 0 bridgehead atoms. The van der Waals surface area contributed by atoms with Crippen LogP contribution in [-0.2, 0) is 22.9 Å². The zero-order valence-corrected chi connectivity index (χ0v) is 12.9. The van der Waals surface area contributed by atoms with Gasteiger partial charge >= 0.3 is 0 Å². The number of rotatable bonds is 7. The van der Waals surface area contributed by atoms with Crippen LogP contribution in [0.5, 0.6) is 0 Å². The fraction of sp³-hybridized carbons (Fsp3) is 0.467. The molecular weight excluding hydrogens is 272 g/mol. The van der Waals surface area contributed by atoms with Gasteiger partial charge in [-0.3, -0.25) is 0 Å². The van der Waals surface area contributed by atoms with Crippen molar-refractivity contribution in [3.05, 3.63) is 36.0 Å². The van der Waals surface area contributed by atoms with Crippen LogP contribution in [0.15, 0.2) is 30.5 Å². The lowest BCUT2D eigenvalue weighted by Gasteiger charge is -2.07. The van der Waals surface area contributed by atoms with Crippen LogP contribution < -0.4 is 5.32 Å². The Labute approximate surface area is 120 Å². The maximum absolute atomic E-state index is 11.6. The first-order valence-corrected chi connectivity index (χ1v) is 8.87. The zero-order chi connectivity index (χ0) is 14.6. The van der Waals surface area contributed by atoms with E-state index in [9.17, 15) is 8.42 Å². The first kappa shape index (κ1) is 15.1. The van der Waals surface area contributed by atoms with E-state index in [1.54, 1.807) is 6.92 Å². The van der Waals surface area contributed by atoms with E-state index in [1.165, 1.54) is 5.56 Å². The van der Waals surface area contributed by atoms with Crippen LogP contribution >= 0.6 is 0 Å². The van der Waals surface area contributed by atoms with Crippen molar-refractivity contribution in [2.24, 2.45) is 0 Å². The van der Waals surface area contributed by atoms with Crippen molar-refractivity contribution in [3.63, 3.8) is 0 Å². The van der Waals surface area contributed by atoms with Gasteiger partial charge in [-0.2, -0.15) is 0 Å². The molecule has 0 aliphatic heterocycles. The van der Waals surface area contributed by atoms with Crippen LogP contribution in [0, 0.1) is 0 Å². The third-order valence-electron chi connectivity index (χ3n) is 3.50. The van der Waals surface area contributed by atoms with Gasteiger partial charge in [0.05, 0.1) is 5.75 Å². The lowest BCUT2D eigenvalue weighted by molar-refractivity contribution is 0.591. The van der Waals surface area contributed by atoms with Gasteiger partial charge in [0.15, 0.2) is 9.84 Å². The molecule has 2 aromatic rings. The van der Waals surface area contributed by atoms with Gasteiger partial charge in [-0.05, 0) is 29.6 Å². The second-order valence-corrected chi connectivity index (χ2v) is 7.39. The van der Waals surface area contributed by atoms with E-state index < -0.39 is 9.84 Å². The van der Waals surface area contributed by atoms with E-state index in [4.69, 9.17) is 0 Å². The molecule has 5 heteroatoms. The number of aromatic nitrogens is 1. The predicted molar refractivity (Wildman–Crippen MR) is 83.6 cm³/mol. The van der Waals surface area contributed by atoms with Crippen molar-refractivity contribution in [1.82, 2.24) is 9.88 Å². The lowest BCUT2D eigenvalue weighted by Crippen LogP contribution is -2.14. The summed E-state index contributed by atoms with van der Waals surface area (Å²) >= 11 is 0. The van der Waals surface area contributed by atoms with E-state index in [0.717, 1.165) is 24.0 Å². The minimum Gasteiger partial charge on any atom is -0.346 e. The second kappa shape index (κ2) is 6.41. The van der Waals surface area contributed by atoms with Gasteiger partial charge in [0, 0.05) is 30.6 Å². The van der Waals surface area contributed by atoms with Gasteiger partial charge in [-0.1, -0.05) is 26.0 Å². The topological polar surface area (TPSA) is 51.1 Å². The van der Waals surface area contributed by atoms with E-state index >= 15 is 0 Å². The molecule has 1 aromatic carbocycles. The molecule has 20 heavy (non-hydrogen) atoms. The van der Waals surface area contributed by atoms with Crippen LogP contribution in [0.25, 0.3) is 10.9 Å². The minimum atomic E-state index is -2.92. The standard InChI is InChI=1S/C15H22N2O2S/c1-3-16-12-13-5-6-14-7-8-17(15(14)11-13)9-10-20(18,19)4-2/h5-8,11,16H,3-4,9-10,12H2,1-2H3. The molecule has 0 amide bonds. The van der Waals surface area contributed by atoms with Gasteiger partial charge < -0.3 is 9.88 Å². The molecule has 1 heterocycles. The molecule has 0 fully saturated rings. The molecule has 0 unspecified atom stereocenters. The summed E-state index contributed by atoms with van der Waals surface area (Å²) in [5.74, 6) is 0.405. The van der Waals surface area contributed by atoms with Gasteiger partial charge in [0.2, 0.25) is 0 Å². The van der Waals surface area contributed by atoms with Crippen molar-refractivity contribution in [3.8, 4) is 0 Å². The van der Waals surface area contributed by atoms with Crippen LogP contribution in [-0.4, -0.2) is 31.0 Å². The van der Waals surface area contributed by atoms with Crippen molar-refractivity contribution < 1.29 is 8.42 Å². The smallest absolute Gasteiger partial charge is 0.151 e. The Morgan fingerprint density at radius 2 is 2.00 bits per heavy atom. The normalized spacial score (nSPS) is 12.1. The van der Waals surface area contributed by atoms with Crippen LogP contribution in [0.3, 0.4) is 0 Å². The number of fused-ring (bicyclic) bond motifs is 1. The molecular formula is C15H22N2O2S. The third-order valence-corrected chi connectivity index (χ3v) is 5.18. The fourth-order valence-electron chi connectivity index (χ4n) is 2.19. The maximum Gasteiger partial charge on any atom is 0.151 e. The van der Waals surface area contributed by atoms with Gasteiger partial charge in [0.1, 0.15) is 0 Å². The van der Waals surface area contributed by atoms with E-state index in [1.807, 2.05) is 16.8 Å². The molecule has 2 rings (SSSR count). The minimum absolute atomic E-state index is 0.199. The molecule has 0 atom stereocenters. The highest BCUT2D eigenvalue weighted by molar-refractivity contribution is 7.91. The SMILES string of the molecule is CCNCc1ccc2ccn(CCS(=O)(=O)CC)c2c1. The predicted octanol–water partition coefficient (Wildman–Crippen LogP) is 2.19. The monoisotopic (exact) mass is 294 g/mol. The largest absolute Gasteiger partial charge is 0.346 e. The highest BCUT2D eigenvalue weighted by atomic mass is 32.2. The van der Waals surface area contributed by atoms with Crippen molar-refractivity contribution in [2.45, 2.75) is 26.9 Å². The molecule has 0 aliphatic carbocycles. The average molecular weight is 294 g/mol. The van der Waals surface area contributed by atoms with Crippen LogP contribution in [0.2, 0.25) is 0 Å². The Balaban J connectivity index is 2.21. The zero-order valence-electron chi connectivity index (χ0n) is 12.1. The summed E-state index contributed by atoms with van der Waals surface area (Å²) in [6.07, 6.45) is 1.97. The Morgan fingerprint density at radius 3 is 2.70 bits per heavy atom. The third kappa shape index (κ3) is 3.61. The van der Waals surface area contributed by atoms with E-state index in [2.05, 4.69) is 30.4 Å². The van der Waals surface area contributed by atoms with Gasteiger partial charge in [0.25, 0.3) is 0 Å². The van der Waals surface area contributed by atoms with Crippen LogP contribution in [0.1, 0.15) is 19.4 Å². The van der Waals surface area contributed by atoms with E-state index in [-0.39, 0.29) is 11.5 Å². The molecule has 0 radical (unpaired) electrons. The Bertz CT molecular complexity index is 674. The molecule has 0 aliphatic rings. The quantitative estimate of drug-likeness (QED) is 0.851. The van der Waals surface area contributed by atoms with Crippen molar-refractivity contribution in [2.75, 3.05) is 18.1 Å². The highest BCUT2D eigenvalue weighted by Crippen LogP contribution is 2.18. The first-order valence-electron chi connectivity index (χ1n) is 7.04. The van der Waals surface area contributed by atoms with Crippen molar-refractivity contribution >= 4 is 20.7 Å². The molecule has 0 saturated carbocycles. The van der Waals surface area contributed by atoms with Gasteiger partial charge in [-0.25, -0.2) is 8.42 Å². The molecule has 0 spiro atoms. The summed E-state index contributed by atoms with van der Waals surface area (Å²) in [6, 6.07) is 8.37. The van der Waals surface area contributed by atoms with Gasteiger partial charge in [-0.15, -0.1) is 0 Å². The molecule has 0 saturated heterocycles. The highest BCUT2D eigenvalue weighted by Gasteiger charge is 2.09. The number of nitrogens with one attached hydrogen (secondary N) is 1. The summed E-state index contributed by atoms with van der Waals surface area (Å²) in [7, 11) is -2.92. The summed E-state index contributed by atoms with van der Waals surface area (Å²) in [6.45, 7) is 6.07. The molecule has 1 aromatic heterocycles. The number of sulfone groups is 1. The molecule has 110 valence electrons. The molecule has 4 nitrogen and oxygen atoms in total. The average Bonchev–Trinajstić information content (AvgIpc) is 2.85. The molecule has 1 N–H and O–H groups in total. The van der Waals surface area contributed by atoms with Crippen LogP contribution in [0.4, 0.5) is 0 Å². The number of hydrogen-bond acceptors (Lipinski definition) is 3. The summed E-state index contributed by atoms with van der Waals surface area (Å²) < 4.78 is 25.3. The fourth-order valence-corrected chi connectivity index (χ4v) is 2.95. The maximum atomic E-state index is 11.6. The Hall–Kier alpha value is -1.33. The number of benzene rings is 1. The van der Waals surface area contributed by atoms with Crippen molar-refractivity contribution in [1.29, 1.82) is 0 Å². The summed E-state index contributed by atoms with van der Waals surface area (Å²) in [4.78, 5) is 0.